The van der Waals surface area contributed by atoms with Crippen LogP contribution in [0.2, 0.25) is 0 Å². The van der Waals surface area contributed by atoms with E-state index in [4.69, 9.17) is 18.1 Å². The lowest BCUT2D eigenvalue weighted by molar-refractivity contribution is 0.442. The highest BCUT2D eigenvalue weighted by atomic mass is 16.3. The van der Waals surface area contributed by atoms with Crippen molar-refractivity contribution in [2.45, 2.75) is 44.8 Å². The molecule has 1 aromatic heterocycles. The third-order valence-corrected chi connectivity index (χ3v) is 4.97. The summed E-state index contributed by atoms with van der Waals surface area (Å²) in [7, 11) is 0. The van der Waals surface area contributed by atoms with Gasteiger partial charge in [-0.25, -0.2) is 0 Å². The third kappa shape index (κ3) is 3.01. The van der Waals surface area contributed by atoms with Gasteiger partial charge in [0.05, 0.1) is 8.45 Å². The first-order chi connectivity index (χ1) is 15.0. The summed E-state index contributed by atoms with van der Waals surface area (Å²) in [6, 6.07) is 9.92. The maximum atomic E-state index is 9.06. The Balaban J connectivity index is 1.88. The molecule has 26 heavy (non-hydrogen) atoms. The fraction of sp³-hybridized carbons (Fsp3) is 0.292. The topological polar surface area (TPSA) is 37.0 Å². The van der Waals surface area contributed by atoms with Crippen LogP contribution in [0.5, 0.6) is 0 Å². The molecule has 1 N–H and O–H groups in total. The summed E-state index contributed by atoms with van der Waals surface area (Å²) in [5.41, 5.74) is 1.39. The van der Waals surface area contributed by atoms with Gasteiger partial charge in [-0.3, -0.25) is 0 Å². The Labute approximate surface area is 163 Å². The largest absolute Gasteiger partial charge is 0.455 e. The molecule has 0 amide bonds. The number of benzene rings is 2. The van der Waals surface area contributed by atoms with Crippen LogP contribution in [-0.2, 0) is 0 Å². The Morgan fingerprint density at radius 1 is 1.15 bits per heavy atom. The zero-order chi connectivity index (χ0) is 23.3. The quantitative estimate of drug-likeness (QED) is 0.394. The van der Waals surface area contributed by atoms with Gasteiger partial charge in [0, 0.05) is 21.8 Å². The van der Waals surface area contributed by atoms with E-state index in [9.17, 15) is 0 Å². The first-order valence-electron chi connectivity index (χ1n) is 12.0. The minimum absolute atomic E-state index is 0.301. The van der Waals surface area contributed by atoms with Gasteiger partial charge < -0.3 is 9.83 Å². The molecule has 2 nitrogen and oxygen atoms in total. The van der Waals surface area contributed by atoms with Crippen molar-refractivity contribution in [1.29, 1.82) is 5.41 Å². The Morgan fingerprint density at radius 3 is 2.65 bits per heavy atom. The minimum atomic E-state index is -2.60. The van der Waals surface area contributed by atoms with E-state index in [0.717, 1.165) is 48.4 Å². The van der Waals surface area contributed by atoms with Gasteiger partial charge in [0.2, 0.25) is 0 Å². The highest BCUT2D eigenvalue weighted by Gasteiger charge is 2.21. The number of allylic oxidation sites excluding steroid dienone is 3. The van der Waals surface area contributed by atoms with Crippen LogP contribution in [-0.4, -0.2) is 5.71 Å². The monoisotopic (exact) mass is 349 g/mol. The number of para-hydroxylation sites is 2. The van der Waals surface area contributed by atoms with Crippen LogP contribution < -0.4 is 0 Å². The van der Waals surface area contributed by atoms with Gasteiger partial charge in [0.25, 0.3) is 0 Å². The standard InChI is InChI=1S/C24H25NO/c1-16(2)14-15-22(25)21-13-7-12-20-19-11-6-10-18(23(19)26-24(20)21)17-8-4-3-5-9-17/h6-7,10-15,17,25H,1,3-5,8-9H2,2H3/b15-14-,25-22?/i2D3,14D,15D,17D. The molecule has 1 aliphatic rings. The smallest absolute Gasteiger partial charge is 0.144 e. The number of hydrogen-bond donors (Lipinski definition) is 1. The van der Waals surface area contributed by atoms with Crippen molar-refractivity contribution in [3.63, 3.8) is 0 Å². The lowest BCUT2D eigenvalue weighted by Crippen LogP contribution is -2.04. The van der Waals surface area contributed by atoms with Crippen molar-refractivity contribution in [3.05, 3.63) is 71.8 Å². The zero-order valence-electron chi connectivity index (χ0n) is 20.6. The molecule has 0 radical (unpaired) electrons. The summed E-state index contributed by atoms with van der Waals surface area (Å²) in [4.78, 5) is 0. The van der Waals surface area contributed by atoms with Crippen LogP contribution >= 0.6 is 0 Å². The molecular weight excluding hydrogens is 318 g/mol. The molecule has 0 spiro atoms. The predicted octanol–water partition coefficient (Wildman–Crippen LogP) is 7.13. The zero-order valence-corrected chi connectivity index (χ0v) is 14.6. The van der Waals surface area contributed by atoms with Crippen molar-refractivity contribution in [1.82, 2.24) is 0 Å². The highest BCUT2D eigenvalue weighted by molar-refractivity contribution is 6.18. The summed E-state index contributed by atoms with van der Waals surface area (Å²) in [5.74, 6) is -0.717. The summed E-state index contributed by atoms with van der Waals surface area (Å²) < 4.78 is 54.0. The van der Waals surface area contributed by atoms with E-state index >= 15 is 0 Å². The first-order valence-corrected chi connectivity index (χ1v) is 8.96. The van der Waals surface area contributed by atoms with Gasteiger partial charge >= 0.3 is 0 Å². The molecule has 1 aliphatic carbocycles. The van der Waals surface area contributed by atoms with Crippen molar-refractivity contribution >= 4 is 27.7 Å². The lowest BCUT2D eigenvalue weighted by atomic mass is 9.83. The van der Waals surface area contributed by atoms with Crippen LogP contribution in [0.15, 0.2) is 65.1 Å². The van der Waals surface area contributed by atoms with Crippen molar-refractivity contribution in [3.8, 4) is 0 Å². The van der Waals surface area contributed by atoms with E-state index in [2.05, 4.69) is 6.58 Å². The van der Waals surface area contributed by atoms with Gasteiger partial charge in [0.15, 0.2) is 0 Å². The van der Waals surface area contributed by atoms with Crippen LogP contribution in [0.4, 0.5) is 0 Å². The van der Waals surface area contributed by atoms with Gasteiger partial charge in [-0.1, -0.05) is 67.8 Å². The van der Waals surface area contributed by atoms with E-state index < -0.39 is 30.4 Å². The Kier molecular flexibility index (Phi) is 2.99. The second-order valence-electron chi connectivity index (χ2n) is 6.73. The average molecular weight is 350 g/mol. The molecule has 4 rings (SSSR count). The van der Waals surface area contributed by atoms with Crippen LogP contribution in [0.25, 0.3) is 21.9 Å². The average Bonchev–Trinajstić information content (AvgIpc) is 3.15. The third-order valence-electron chi connectivity index (χ3n) is 4.97. The second-order valence-corrected chi connectivity index (χ2v) is 6.73. The summed E-state index contributed by atoms with van der Waals surface area (Å²) in [6.07, 6.45) is 4.68. The molecule has 0 saturated heterocycles. The van der Waals surface area contributed by atoms with Gasteiger partial charge in [0.1, 0.15) is 11.2 Å². The van der Waals surface area contributed by atoms with E-state index in [1.807, 2.05) is 24.3 Å². The number of nitrogens with one attached hydrogen (secondary N) is 1. The van der Waals surface area contributed by atoms with Crippen LogP contribution in [0.3, 0.4) is 0 Å². The molecule has 1 saturated carbocycles. The molecule has 0 unspecified atom stereocenters. The molecule has 0 bridgehead atoms. The Hall–Kier alpha value is -2.61. The molecule has 132 valence electrons. The second kappa shape index (κ2) is 6.95. The lowest BCUT2D eigenvalue weighted by Gasteiger charge is -2.21. The summed E-state index contributed by atoms with van der Waals surface area (Å²) >= 11 is 0. The number of fused-ring (bicyclic) bond motifs is 3. The van der Waals surface area contributed by atoms with E-state index in [1.165, 1.54) is 0 Å². The SMILES string of the molecule is [2H]/C(C(=C)C([2H])([2H])[2H])=C(\[2H])C(=N)c1cccc2c1oc1c(C3([2H])CCCCC3)cccc12. The van der Waals surface area contributed by atoms with E-state index in [-0.39, 0.29) is 5.71 Å². The normalized spacial score (nSPS) is 21.7. The molecule has 1 fully saturated rings. The summed E-state index contributed by atoms with van der Waals surface area (Å²) in [5, 5.41) is 10.1. The molecule has 0 aliphatic heterocycles. The molecule has 1 heterocycles. The van der Waals surface area contributed by atoms with Crippen molar-refractivity contribution in [2.75, 3.05) is 0 Å². The van der Waals surface area contributed by atoms with Gasteiger partial charge in [-0.15, -0.1) is 0 Å². The molecule has 0 atom stereocenters. The maximum Gasteiger partial charge on any atom is 0.144 e. The number of furan rings is 1. The minimum Gasteiger partial charge on any atom is -0.455 e. The highest BCUT2D eigenvalue weighted by Crippen LogP contribution is 2.40. The first kappa shape index (κ1) is 11.2. The van der Waals surface area contributed by atoms with E-state index in [0.29, 0.717) is 16.7 Å². The van der Waals surface area contributed by atoms with Crippen LogP contribution in [0.1, 0.15) is 64.2 Å². The number of rotatable bonds is 4. The molecule has 2 aromatic carbocycles. The fourth-order valence-electron chi connectivity index (χ4n) is 3.75. The Bertz CT molecular complexity index is 1260. The van der Waals surface area contributed by atoms with Crippen molar-refractivity contribution < 1.29 is 12.6 Å². The fourth-order valence-corrected chi connectivity index (χ4v) is 3.75. The molecule has 2 heteroatoms. The summed E-state index contributed by atoms with van der Waals surface area (Å²) in [6.45, 7) is 0.817. The molecular formula is C24H25NO. The molecule has 3 aromatic rings. The predicted molar refractivity (Wildman–Crippen MR) is 110 cm³/mol. The Morgan fingerprint density at radius 2 is 1.88 bits per heavy atom. The maximum absolute atomic E-state index is 9.06. The number of hydrogen-bond acceptors (Lipinski definition) is 2. The van der Waals surface area contributed by atoms with Gasteiger partial charge in [-0.2, -0.15) is 0 Å². The van der Waals surface area contributed by atoms with Crippen LogP contribution in [0, 0.1) is 5.41 Å². The van der Waals surface area contributed by atoms with E-state index in [1.54, 1.807) is 12.1 Å². The van der Waals surface area contributed by atoms with Crippen molar-refractivity contribution in [2.24, 2.45) is 0 Å². The van der Waals surface area contributed by atoms with Gasteiger partial charge in [-0.05, 0) is 43.3 Å².